The molecule has 148 valence electrons. The van der Waals surface area contributed by atoms with Crippen molar-refractivity contribution in [2.45, 2.75) is 45.1 Å². The predicted octanol–water partition coefficient (Wildman–Crippen LogP) is 4.54. The molecule has 0 radical (unpaired) electrons. The summed E-state index contributed by atoms with van der Waals surface area (Å²) in [5.74, 6) is 0. The van der Waals surface area contributed by atoms with Crippen molar-refractivity contribution < 1.29 is 9.53 Å². The van der Waals surface area contributed by atoms with Crippen molar-refractivity contribution in [3.63, 3.8) is 0 Å². The van der Waals surface area contributed by atoms with Crippen molar-refractivity contribution in [2.75, 3.05) is 26.0 Å². The molecule has 2 aliphatic rings. The summed E-state index contributed by atoms with van der Waals surface area (Å²) in [6.45, 7) is 3.02. The zero-order chi connectivity index (χ0) is 19.5. The third kappa shape index (κ3) is 4.21. The van der Waals surface area contributed by atoms with Crippen LogP contribution in [-0.2, 0) is 24.5 Å². The van der Waals surface area contributed by atoms with Crippen molar-refractivity contribution in [1.82, 2.24) is 9.80 Å². The molecule has 28 heavy (non-hydrogen) atoms. The number of urea groups is 1. The lowest BCUT2D eigenvalue weighted by molar-refractivity contribution is 0.134. The molecule has 2 aromatic rings. The molecule has 0 aromatic heterocycles. The van der Waals surface area contributed by atoms with E-state index in [9.17, 15) is 4.79 Å². The van der Waals surface area contributed by atoms with E-state index in [0.29, 0.717) is 13.2 Å². The van der Waals surface area contributed by atoms with Crippen LogP contribution in [0.15, 0.2) is 42.5 Å². The molecule has 2 aliphatic heterocycles. The summed E-state index contributed by atoms with van der Waals surface area (Å²) in [7, 11) is 4.15. The first kappa shape index (κ1) is 19.0. The number of hydrogen-bond donors (Lipinski definition) is 1. The lowest BCUT2D eigenvalue weighted by atomic mass is 9.95. The number of nitrogens with one attached hydrogen (secondary N) is 1. The Hall–Kier alpha value is -2.37. The van der Waals surface area contributed by atoms with Crippen LogP contribution in [0.1, 0.15) is 47.6 Å². The smallest absolute Gasteiger partial charge is 0.322 e. The van der Waals surface area contributed by atoms with Gasteiger partial charge in [-0.2, -0.15) is 0 Å². The summed E-state index contributed by atoms with van der Waals surface area (Å²) >= 11 is 0. The second-order valence-corrected chi connectivity index (χ2v) is 8.09. The fourth-order valence-electron chi connectivity index (χ4n) is 4.18. The third-order valence-electron chi connectivity index (χ3n) is 5.60. The van der Waals surface area contributed by atoms with E-state index in [1.165, 1.54) is 22.3 Å². The largest absolute Gasteiger partial charge is 0.372 e. The molecule has 0 saturated carbocycles. The fourth-order valence-corrected chi connectivity index (χ4v) is 4.18. The Bertz CT molecular complexity index is 832. The standard InChI is InChI=1S/C23H29N3O2/c1-25(2)14-17-6-8-18(9-7-17)22-5-3-4-12-26(22)23(27)24-21-11-10-19-15-28-16-20(19)13-21/h6-11,13,22H,3-5,12,14-16H2,1-2H3,(H,24,27). The molecule has 4 rings (SSSR count). The van der Waals surface area contributed by atoms with Gasteiger partial charge in [-0.25, -0.2) is 4.79 Å². The Kier molecular flexibility index (Phi) is 5.64. The van der Waals surface area contributed by atoms with Crippen molar-refractivity contribution >= 4 is 11.7 Å². The van der Waals surface area contributed by atoms with E-state index in [1.807, 2.05) is 17.0 Å². The van der Waals surface area contributed by atoms with E-state index in [-0.39, 0.29) is 12.1 Å². The van der Waals surface area contributed by atoms with Gasteiger partial charge in [0.05, 0.1) is 19.3 Å². The highest BCUT2D eigenvalue weighted by molar-refractivity contribution is 5.89. The molecule has 1 N–H and O–H groups in total. The molecular weight excluding hydrogens is 350 g/mol. The lowest BCUT2D eigenvalue weighted by Crippen LogP contribution is -2.41. The first-order valence-corrected chi connectivity index (χ1v) is 10.1. The third-order valence-corrected chi connectivity index (χ3v) is 5.60. The Labute approximate surface area is 167 Å². The summed E-state index contributed by atoms with van der Waals surface area (Å²) in [6.07, 6.45) is 3.23. The summed E-state index contributed by atoms with van der Waals surface area (Å²) in [6, 6.07) is 14.9. The van der Waals surface area contributed by atoms with Crippen LogP contribution in [0, 0.1) is 0 Å². The average Bonchev–Trinajstić information content (AvgIpc) is 3.16. The van der Waals surface area contributed by atoms with Gasteiger partial charge in [0.25, 0.3) is 0 Å². The molecule has 1 saturated heterocycles. The molecule has 5 heteroatoms. The van der Waals surface area contributed by atoms with Gasteiger partial charge in [0.2, 0.25) is 0 Å². The highest BCUT2D eigenvalue weighted by Gasteiger charge is 2.28. The van der Waals surface area contributed by atoms with Crippen LogP contribution in [0.25, 0.3) is 0 Å². The minimum atomic E-state index is -0.0130. The Balaban J connectivity index is 1.47. The normalized spacial score (nSPS) is 19.0. The van der Waals surface area contributed by atoms with Gasteiger partial charge < -0.3 is 19.9 Å². The number of benzene rings is 2. The molecule has 0 bridgehead atoms. The lowest BCUT2D eigenvalue weighted by Gasteiger charge is -2.36. The van der Waals surface area contributed by atoms with Crippen LogP contribution >= 0.6 is 0 Å². The van der Waals surface area contributed by atoms with Crippen LogP contribution in [0.3, 0.4) is 0 Å². The van der Waals surface area contributed by atoms with Crippen LogP contribution in [-0.4, -0.2) is 36.5 Å². The fraction of sp³-hybridized carbons (Fsp3) is 0.435. The van der Waals surface area contributed by atoms with Crippen LogP contribution in [0.4, 0.5) is 10.5 Å². The first-order valence-electron chi connectivity index (χ1n) is 10.1. The highest BCUT2D eigenvalue weighted by Crippen LogP contribution is 2.32. The number of rotatable bonds is 4. The van der Waals surface area contributed by atoms with Crippen molar-refractivity contribution in [3.8, 4) is 0 Å². The van der Waals surface area contributed by atoms with Crippen molar-refractivity contribution in [2.24, 2.45) is 0 Å². The van der Waals surface area contributed by atoms with E-state index in [0.717, 1.165) is 38.0 Å². The molecule has 1 atom stereocenters. The number of carbonyl (C=O) groups is 1. The number of amides is 2. The number of hydrogen-bond acceptors (Lipinski definition) is 3. The number of anilines is 1. The minimum absolute atomic E-state index is 0.0130. The quantitative estimate of drug-likeness (QED) is 0.848. The number of likely N-dealkylation sites (tertiary alicyclic amines) is 1. The monoisotopic (exact) mass is 379 g/mol. The summed E-state index contributed by atoms with van der Waals surface area (Å²) in [4.78, 5) is 17.2. The maximum atomic E-state index is 13.0. The minimum Gasteiger partial charge on any atom is -0.372 e. The molecule has 2 amide bonds. The first-order chi connectivity index (χ1) is 13.6. The van der Waals surface area contributed by atoms with Gasteiger partial charge >= 0.3 is 6.03 Å². The Morgan fingerprint density at radius 3 is 2.68 bits per heavy atom. The molecular formula is C23H29N3O2. The second kappa shape index (κ2) is 8.33. The number of nitrogens with zero attached hydrogens (tertiary/aromatic N) is 2. The van der Waals surface area contributed by atoms with E-state index < -0.39 is 0 Å². The van der Waals surface area contributed by atoms with E-state index in [1.54, 1.807) is 0 Å². The molecule has 1 fully saturated rings. The predicted molar refractivity (Wildman–Crippen MR) is 111 cm³/mol. The number of piperidine rings is 1. The van der Waals surface area contributed by atoms with Crippen molar-refractivity contribution in [1.29, 1.82) is 0 Å². The average molecular weight is 380 g/mol. The van der Waals surface area contributed by atoms with Gasteiger partial charge in [-0.3, -0.25) is 0 Å². The van der Waals surface area contributed by atoms with Gasteiger partial charge in [0.1, 0.15) is 0 Å². The SMILES string of the molecule is CN(C)Cc1ccc(C2CCCCN2C(=O)Nc2ccc3c(c2)COC3)cc1. The zero-order valence-corrected chi connectivity index (χ0v) is 16.8. The number of ether oxygens (including phenoxy) is 1. The number of carbonyl (C=O) groups excluding carboxylic acids is 1. The summed E-state index contributed by atoms with van der Waals surface area (Å²) in [5.41, 5.74) is 5.75. The van der Waals surface area contributed by atoms with Crippen LogP contribution in [0.2, 0.25) is 0 Å². The van der Waals surface area contributed by atoms with Crippen LogP contribution in [0.5, 0.6) is 0 Å². The molecule has 2 heterocycles. The van der Waals surface area contributed by atoms with E-state index in [4.69, 9.17) is 4.74 Å². The maximum Gasteiger partial charge on any atom is 0.322 e. The van der Waals surface area contributed by atoms with Crippen molar-refractivity contribution in [3.05, 3.63) is 64.7 Å². The topological polar surface area (TPSA) is 44.8 Å². The van der Waals surface area contributed by atoms with E-state index in [2.05, 4.69) is 54.6 Å². The number of fused-ring (bicyclic) bond motifs is 1. The highest BCUT2D eigenvalue weighted by atomic mass is 16.5. The molecule has 0 spiro atoms. The Morgan fingerprint density at radius 1 is 1.11 bits per heavy atom. The molecule has 0 aliphatic carbocycles. The Morgan fingerprint density at radius 2 is 1.89 bits per heavy atom. The van der Waals surface area contributed by atoms with Gasteiger partial charge in [-0.05, 0) is 67.7 Å². The molecule has 1 unspecified atom stereocenters. The van der Waals surface area contributed by atoms with Gasteiger partial charge in [0.15, 0.2) is 0 Å². The molecule has 5 nitrogen and oxygen atoms in total. The summed E-state index contributed by atoms with van der Waals surface area (Å²) < 4.78 is 5.47. The van der Waals surface area contributed by atoms with Crippen LogP contribution < -0.4 is 5.32 Å². The van der Waals surface area contributed by atoms with Gasteiger partial charge in [-0.15, -0.1) is 0 Å². The molecule has 2 aromatic carbocycles. The second-order valence-electron chi connectivity index (χ2n) is 8.09. The maximum absolute atomic E-state index is 13.0. The zero-order valence-electron chi connectivity index (χ0n) is 16.8. The van der Waals surface area contributed by atoms with Gasteiger partial charge in [-0.1, -0.05) is 30.3 Å². The van der Waals surface area contributed by atoms with Gasteiger partial charge in [0, 0.05) is 18.8 Å². The summed E-state index contributed by atoms with van der Waals surface area (Å²) in [5, 5.41) is 3.10. The van der Waals surface area contributed by atoms with E-state index >= 15 is 0 Å².